The van der Waals surface area contributed by atoms with E-state index >= 15 is 0 Å². The molecule has 0 aliphatic heterocycles. The van der Waals surface area contributed by atoms with Crippen molar-refractivity contribution >= 4 is 44.7 Å². The summed E-state index contributed by atoms with van der Waals surface area (Å²) in [5, 5.41) is 7.50. The topological polar surface area (TPSA) is 83.0 Å². The Labute approximate surface area is 185 Å². The van der Waals surface area contributed by atoms with Gasteiger partial charge in [-0.3, -0.25) is 9.36 Å². The lowest BCUT2D eigenvalue weighted by Crippen LogP contribution is -2.25. The molecule has 0 bridgehead atoms. The summed E-state index contributed by atoms with van der Waals surface area (Å²) in [6, 6.07) is 3.92. The maximum absolute atomic E-state index is 13.4. The van der Waals surface area contributed by atoms with Crippen molar-refractivity contribution in [2.45, 2.75) is 43.1 Å². The molecule has 0 unspecified atom stereocenters. The van der Waals surface area contributed by atoms with Crippen LogP contribution in [0.1, 0.15) is 29.2 Å². The normalized spacial score (nSPS) is 13.8. The molecule has 0 fully saturated rings. The average molecular weight is 461 g/mol. The molecule has 0 N–H and O–H groups in total. The van der Waals surface area contributed by atoms with Crippen LogP contribution in [0.5, 0.6) is 0 Å². The fraction of sp³-hybridized carbons (Fsp3) is 0.400. The van der Waals surface area contributed by atoms with E-state index in [2.05, 4.69) is 10.1 Å². The maximum Gasteiger partial charge on any atom is 0.263 e. The second-order valence-electron chi connectivity index (χ2n) is 7.01. The van der Waals surface area contributed by atoms with Gasteiger partial charge < -0.3 is 9.26 Å². The molecule has 10 heteroatoms. The number of hydrogen-bond donors (Lipinski definition) is 0. The molecule has 0 amide bonds. The zero-order valence-corrected chi connectivity index (χ0v) is 18.9. The van der Waals surface area contributed by atoms with Crippen LogP contribution in [0.3, 0.4) is 0 Å². The first-order chi connectivity index (χ1) is 14.7. The zero-order valence-electron chi connectivity index (χ0n) is 16.4. The van der Waals surface area contributed by atoms with E-state index in [-0.39, 0.29) is 5.56 Å². The van der Waals surface area contributed by atoms with Crippen LogP contribution in [0.25, 0.3) is 20.9 Å². The minimum atomic E-state index is 0.0313. The van der Waals surface area contributed by atoms with Gasteiger partial charge in [0.15, 0.2) is 5.16 Å². The Balaban J connectivity index is 1.47. The number of thioether (sulfide) groups is 1. The SMILES string of the molecule is COCCn1c(SCc2nc(-c3cccs3)no2)nc2sc3c(c2c1=O)CCCC3. The van der Waals surface area contributed by atoms with Crippen LogP contribution in [-0.4, -0.2) is 33.4 Å². The second kappa shape index (κ2) is 8.62. The van der Waals surface area contributed by atoms with Crippen LogP contribution in [0.2, 0.25) is 0 Å². The number of thiophene rings is 2. The third kappa shape index (κ3) is 3.73. The molecule has 0 spiro atoms. The second-order valence-corrected chi connectivity index (χ2v) is 9.99. The number of fused-ring (bicyclic) bond motifs is 3. The van der Waals surface area contributed by atoms with Gasteiger partial charge in [0.05, 0.1) is 29.2 Å². The molecule has 4 aromatic rings. The quantitative estimate of drug-likeness (QED) is 0.299. The van der Waals surface area contributed by atoms with Gasteiger partial charge in [0, 0.05) is 12.0 Å². The number of rotatable bonds is 7. The molecule has 0 atom stereocenters. The van der Waals surface area contributed by atoms with Gasteiger partial charge in [0.25, 0.3) is 5.56 Å². The number of aromatic nitrogens is 4. The lowest BCUT2D eigenvalue weighted by atomic mass is 9.97. The van der Waals surface area contributed by atoms with Crippen molar-refractivity contribution in [1.82, 2.24) is 19.7 Å². The summed E-state index contributed by atoms with van der Waals surface area (Å²) in [5.41, 5.74) is 1.24. The molecular weight excluding hydrogens is 440 g/mol. The lowest BCUT2D eigenvalue weighted by Gasteiger charge is -2.12. The summed E-state index contributed by atoms with van der Waals surface area (Å²) < 4.78 is 12.4. The highest BCUT2D eigenvalue weighted by Crippen LogP contribution is 2.35. The third-order valence-electron chi connectivity index (χ3n) is 5.09. The van der Waals surface area contributed by atoms with E-state index in [1.165, 1.54) is 28.6 Å². The van der Waals surface area contributed by atoms with Gasteiger partial charge >= 0.3 is 0 Å². The molecule has 1 aliphatic carbocycles. The van der Waals surface area contributed by atoms with E-state index in [0.29, 0.717) is 35.8 Å². The summed E-state index contributed by atoms with van der Waals surface area (Å²) in [6.07, 6.45) is 4.33. The summed E-state index contributed by atoms with van der Waals surface area (Å²) >= 11 is 4.68. The Morgan fingerprint density at radius 2 is 2.20 bits per heavy atom. The molecule has 1 aliphatic rings. The van der Waals surface area contributed by atoms with Gasteiger partial charge in [-0.2, -0.15) is 4.98 Å². The van der Waals surface area contributed by atoms with E-state index in [0.717, 1.165) is 34.4 Å². The van der Waals surface area contributed by atoms with E-state index in [1.54, 1.807) is 34.4 Å². The molecule has 30 heavy (non-hydrogen) atoms. The first kappa shape index (κ1) is 19.9. The lowest BCUT2D eigenvalue weighted by molar-refractivity contribution is 0.183. The molecule has 4 heterocycles. The first-order valence-corrected chi connectivity index (χ1v) is 12.5. The van der Waals surface area contributed by atoms with Gasteiger partial charge in [0.2, 0.25) is 11.7 Å². The van der Waals surface area contributed by atoms with E-state index in [9.17, 15) is 4.79 Å². The smallest absolute Gasteiger partial charge is 0.263 e. The number of nitrogens with zero attached hydrogens (tertiary/aromatic N) is 4. The van der Waals surface area contributed by atoms with Crippen LogP contribution in [0.4, 0.5) is 0 Å². The van der Waals surface area contributed by atoms with Crippen LogP contribution < -0.4 is 5.56 Å². The number of aryl methyl sites for hydroxylation is 2. The average Bonchev–Trinajstić information content (AvgIpc) is 3.50. The van der Waals surface area contributed by atoms with Gasteiger partial charge in [-0.05, 0) is 42.7 Å². The van der Waals surface area contributed by atoms with Crippen molar-refractivity contribution < 1.29 is 9.26 Å². The number of hydrogen-bond acceptors (Lipinski definition) is 9. The van der Waals surface area contributed by atoms with Crippen LogP contribution in [0, 0.1) is 0 Å². The molecule has 0 saturated heterocycles. The maximum atomic E-state index is 13.4. The highest BCUT2D eigenvalue weighted by atomic mass is 32.2. The Morgan fingerprint density at radius 3 is 3.03 bits per heavy atom. The third-order valence-corrected chi connectivity index (χ3v) is 8.11. The van der Waals surface area contributed by atoms with Crippen molar-refractivity contribution in [2.75, 3.05) is 13.7 Å². The highest BCUT2D eigenvalue weighted by molar-refractivity contribution is 7.98. The van der Waals surface area contributed by atoms with E-state index in [4.69, 9.17) is 14.2 Å². The minimum Gasteiger partial charge on any atom is -0.383 e. The molecule has 7 nitrogen and oxygen atoms in total. The fourth-order valence-corrected chi connectivity index (χ4v) is 6.47. The van der Waals surface area contributed by atoms with Crippen molar-refractivity contribution in [3.63, 3.8) is 0 Å². The Morgan fingerprint density at radius 1 is 1.30 bits per heavy atom. The summed E-state index contributed by atoms with van der Waals surface area (Å²) in [5.74, 6) is 1.56. The Bertz CT molecular complexity index is 1230. The molecule has 4 aromatic heterocycles. The van der Waals surface area contributed by atoms with Crippen LogP contribution in [0.15, 0.2) is 32.0 Å². The van der Waals surface area contributed by atoms with Gasteiger partial charge in [-0.15, -0.1) is 22.7 Å². The Kier molecular flexibility index (Phi) is 5.72. The molecule has 0 aromatic carbocycles. The first-order valence-electron chi connectivity index (χ1n) is 9.78. The van der Waals surface area contributed by atoms with Crippen LogP contribution in [-0.2, 0) is 29.9 Å². The molecular formula is C20H20N4O3S3. The van der Waals surface area contributed by atoms with Gasteiger partial charge in [-0.25, -0.2) is 4.98 Å². The summed E-state index contributed by atoms with van der Waals surface area (Å²) in [6.45, 7) is 0.922. The van der Waals surface area contributed by atoms with Crippen molar-refractivity contribution in [2.24, 2.45) is 0 Å². The molecule has 0 saturated carbocycles. The zero-order chi connectivity index (χ0) is 20.5. The largest absolute Gasteiger partial charge is 0.383 e. The van der Waals surface area contributed by atoms with Crippen molar-refractivity contribution in [3.8, 4) is 10.7 Å². The summed E-state index contributed by atoms with van der Waals surface area (Å²) in [4.78, 5) is 25.8. The summed E-state index contributed by atoms with van der Waals surface area (Å²) in [7, 11) is 1.64. The van der Waals surface area contributed by atoms with Gasteiger partial charge in [0.1, 0.15) is 4.83 Å². The minimum absolute atomic E-state index is 0.0313. The molecule has 156 valence electrons. The Hall–Kier alpha value is -2.01. The predicted octanol–water partition coefficient (Wildman–Crippen LogP) is 4.39. The van der Waals surface area contributed by atoms with Gasteiger partial charge in [-0.1, -0.05) is 23.0 Å². The van der Waals surface area contributed by atoms with E-state index < -0.39 is 0 Å². The van der Waals surface area contributed by atoms with Crippen molar-refractivity contribution in [1.29, 1.82) is 0 Å². The predicted molar refractivity (Wildman–Crippen MR) is 120 cm³/mol. The monoisotopic (exact) mass is 460 g/mol. The number of ether oxygens (including phenoxy) is 1. The van der Waals surface area contributed by atoms with Crippen molar-refractivity contribution in [3.05, 3.63) is 44.2 Å². The number of methoxy groups -OCH3 is 1. The highest BCUT2D eigenvalue weighted by Gasteiger charge is 2.22. The molecule has 0 radical (unpaired) electrons. The van der Waals surface area contributed by atoms with Crippen LogP contribution >= 0.6 is 34.4 Å². The van der Waals surface area contributed by atoms with E-state index in [1.807, 2.05) is 17.5 Å². The standard InChI is InChI=1S/C20H20N4O3S3/c1-26-9-8-24-19(25)16-12-5-2-3-6-13(12)30-18(16)22-20(24)29-11-15-21-17(23-27-15)14-7-4-10-28-14/h4,7,10H,2-3,5-6,8-9,11H2,1H3. The fourth-order valence-electron chi connectivity index (χ4n) is 3.66. The molecule has 5 rings (SSSR count).